The number of benzene rings is 4. The molecule has 0 spiro atoms. The monoisotopic (exact) mass is 1220 g/mol. The Balaban J connectivity index is 0.827. The lowest BCUT2D eigenvalue weighted by Crippen LogP contribution is -2.54. The Labute approximate surface area is 485 Å². The number of amides is 1. The van der Waals surface area contributed by atoms with Gasteiger partial charge in [-0.15, -0.1) is 11.8 Å². The fraction of sp³-hybridized carbons (Fsp3) is 0.526. The zero-order valence-corrected chi connectivity index (χ0v) is 49.7. The summed E-state index contributed by atoms with van der Waals surface area (Å²) < 4.78 is 133. The first kappa shape index (κ1) is 61.3. The highest BCUT2D eigenvalue weighted by atomic mass is 35.5. The van der Waals surface area contributed by atoms with Gasteiger partial charge < -0.3 is 30.1 Å². The Hall–Kier alpha value is -4.27. The minimum atomic E-state index is -6.09. The minimum Gasteiger partial charge on any atom is -0.380 e. The number of alkyl halides is 3. The number of hydrogen-bond acceptors (Lipinski definition) is 15. The van der Waals surface area contributed by atoms with Gasteiger partial charge in [0.1, 0.15) is 4.90 Å². The summed E-state index contributed by atoms with van der Waals surface area (Å²) in [5, 5.41) is 6.66. The van der Waals surface area contributed by atoms with Crippen LogP contribution in [0.15, 0.2) is 117 Å². The van der Waals surface area contributed by atoms with E-state index in [2.05, 4.69) is 49.3 Å². The van der Waals surface area contributed by atoms with Crippen molar-refractivity contribution in [3.63, 3.8) is 0 Å². The molecule has 4 aromatic carbocycles. The van der Waals surface area contributed by atoms with Crippen LogP contribution in [0, 0.1) is 5.41 Å². The van der Waals surface area contributed by atoms with Crippen LogP contribution in [-0.2, 0) is 34.6 Å². The van der Waals surface area contributed by atoms with Gasteiger partial charge in [-0.3, -0.25) is 9.69 Å². The number of piperazine rings is 2. The van der Waals surface area contributed by atoms with Gasteiger partial charge in [-0.2, -0.15) is 17.5 Å². The fourth-order valence-corrected chi connectivity index (χ4v) is 16.8. The molecule has 0 bridgehead atoms. The number of thioether (sulfide) groups is 1. The number of hydrogen-bond donors (Lipinski definition) is 3. The Kier molecular flexibility index (Phi) is 20.2. The molecule has 9 rings (SSSR count). The Bertz CT molecular complexity index is 3150. The molecule has 0 radical (unpaired) electrons. The third-order valence-corrected chi connectivity index (χ3v) is 23.0. The first-order valence-electron chi connectivity index (χ1n) is 27.9. The van der Waals surface area contributed by atoms with E-state index in [1.54, 1.807) is 16.4 Å². The van der Waals surface area contributed by atoms with E-state index in [0.717, 1.165) is 99.8 Å². The largest absolute Gasteiger partial charge is 0.501 e. The number of anilines is 2. The van der Waals surface area contributed by atoms with E-state index < -0.39 is 62.8 Å². The maximum Gasteiger partial charge on any atom is 0.501 e. The normalized spacial score (nSPS) is 21.6. The first-order chi connectivity index (χ1) is 38.7. The van der Waals surface area contributed by atoms with Crippen molar-refractivity contribution in [2.75, 3.05) is 127 Å². The van der Waals surface area contributed by atoms with Gasteiger partial charge in [0.25, 0.3) is 25.8 Å². The summed E-state index contributed by atoms with van der Waals surface area (Å²) in [7, 11) is -14.3. The van der Waals surface area contributed by atoms with Gasteiger partial charge in [0.15, 0.2) is 0 Å². The Morgan fingerprint density at radius 3 is 2.20 bits per heavy atom. The molecule has 1 amide bonds. The number of rotatable bonds is 20. The summed E-state index contributed by atoms with van der Waals surface area (Å²) >= 11 is 7.78. The number of allylic oxidation sites excluding steroid dienone is 1. The lowest BCUT2D eigenvalue weighted by Gasteiger charge is -2.44. The Morgan fingerprint density at radius 2 is 1.51 bits per heavy atom. The molecular weight excluding hydrogens is 1150 g/mol. The second kappa shape index (κ2) is 26.8. The molecule has 81 heavy (non-hydrogen) atoms. The maximum atomic E-state index is 14.3. The van der Waals surface area contributed by atoms with Crippen molar-refractivity contribution in [1.82, 2.24) is 29.0 Å². The molecule has 5 aliphatic rings. The zero-order chi connectivity index (χ0) is 57.4. The highest BCUT2D eigenvalue weighted by Crippen LogP contribution is 2.44. The molecule has 16 nitrogen and oxygen atoms in total. The van der Waals surface area contributed by atoms with Gasteiger partial charge in [0.05, 0.1) is 22.4 Å². The fourth-order valence-electron chi connectivity index (χ4n) is 11.7. The second-order valence-corrected chi connectivity index (χ2v) is 29.5. The number of ether oxygens (including phenoxy) is 1. The number of nitrogens with one attached hydrogen (secondary N) is 3. The molecule has 4 saturated heterocycles. The van der Waals surface area contributed by atoms with Crippen molar-refractivity contribution in [2.45, 2.75) is 83.4 Å². The van der Waals surface area contributed by atoms with Crippen LogP contribution in [0.2, 0.25) is 5.02 Å². The van der Waals surface area contributed by atoms with E-state index >= 15 is 0 Å². The number of nitrogens with zero attached hydrogens (tertiary/aromatic N) is 5. The van der Waals surface area contributed by atoms with Crippen molar-refractivity contribution in [3.05, 3.63) is 119 Å². The number of piperidine rings is 1. The van der Waals surface area contributed by atoms with Gasteiger partial charge in [-0.25, -0.2) is 30.0 Å². The van der Waals surface area contributed by atoms with Crippen LogP contribution >= 0.6 is 23.4 Å². The predicted molar refractivity (Wildman–Crippen MR) is 314 cm³/mol. The molecule has 1 aliphatic carbocycles. The standard InChI is InChI=1S/C57H74ClF3N8O8S4/c1-56(42-67-29-33-69(34-30-67)81(75,76)50-19-23-62-24-20-50)22-18-52(43-8-12-46(58)13-9-43)45(39-56)40-66-27-31-68(32-28-66)48-14-10-44(11-15-48)55(70)64-80(73,74)51-16-17-53(54(38-51)79(71,72)57(59,60)61)63-47(41-78-49-6-3-2-4-7-49)21-26-65-25-5-36-77-37-35-65/h2-4,6-17,38,47,50,62-63H,5,18-37,39-42H2,1H3,(H,64,70)/t47?,56-/m1/s1. The predicted octanol–water partition coefficient (Wildman–Crippen LogP) is 7.90. The van der Waals surface area contributed by atoms with E-state index in [4.69, 9.17) is 16.3 Å². The average molecular weight is 1220 g/mol. The van der Waals surface area contributed by atoms with Crippen LogP contribution in [0.5, 0.6) is 0 Å². The third kappa shape index (κ3) is 15.7. The molecule has 4 fully saturated rings. The summed E-state index contributed by atoms with van der Waals surface area (Å²) in [6, 6.07) is 25.7. The van der Waals surface area contributed by atoms with Crippen LogP contribution in [-0.4, -0.2) is 184 Å². The molecule has 0 saturated carbocycles. The third-order valence-electron chi connectivity index (χ3n) is 16.3. The van der Waals surface area contributed by atoms with Crippen LogP contribution in [0.4, 0.5) is 24.5 Å². The molecule has 4 aliphatic heterocycles. The summed E-state index contributed by atoms with van der Waals surface area (Å²) in [5.74, 6) is -0.688. The minimum absolute atomic E-state index is 0.00937. The molecule has 1 unspecified atom stereocenters. The highest BCUT2D eigenvalue weighted by Gasteiger charge is 2.49. The van der Waals surface area contributed by atoms with Crippen molar-refractivity contribution >= 4 is 76.1 Å². The number of sulfone groups is 1. The van der Waals surface area contributed by atoms with Crippen molar-refractivity contribution in [3.8, 4) is 0 Å². The van der Waals surface area contributed by atoms with Crippen LogP contribution < -0.4 is 20.3 Å². The molecule has 2 atom stereocenters. The van der Waals surface area contributed by atoms with Gasteiger partial charge in [-0.05, 0) is 141 Å². The van der Waals surface area contributed by atoms with E-state index in [9.17, 15) is 43.2 Å². The average Bonchev–Trinajstić information content (AvgIpc) is 3.74. The molecule has 4 aromatic rings. The summed E-state index contributed by atoms with van der Waals surface area (Å²) in [4.78, 5) is 21.6. The molecule has 442 valence electrons. The lowest BCUT2D eigenvalue weighted by molar-refractivity contribution is -0.0436. The van der Waals surface area contributed by atoms with E-state index in [1.165, 1.54) is 35.0 Å². The zero-order valence-electron chi connectivity index (χ0n) is 45.7. The van der Waals surface area contributed by atoms with Crippen molar-refractivity contribution in [1.29, 1.82) is 0 Å². The van der Waals surface area contributed by atoms with Gasteiger partial charge >= 0.3 is 5.51 Å². The van der Waals surface area contributed by atoms with Crippen LogP contribution in [0.25, 0.3) is 5.57 Å². The smallest absolute Gasteiger partial charge is 0.380 e. The first-order valence-corrected chi connectivity index (χ1v) is 33.7. The lowest BCUT2D eigenvalue weighted by atomic mass is 9.71. The van der Waals surface area contributed by atoms with E-state index in [-0.39, 0.29) is 16.2 Å². The highest BCUT2D eigenvalue weighted by molar-refractivity contribution is 7.99. The Morgan fingerprint density at radius 1 is 0.815 bits per heavy atom. The van der Waals surface area contributed by atoms with Gasteiger partial charge in [0.2, 0.25) is 10.0 Å². The molecule has 0 aromatic heterocycles. The molecule has 24 heteroatoms. The molecule has 3 N–H and O–H groups in total. The van der Waals surface area contributed by atoms with Crippen LogP contribution in [0.1, 0.15) is 67.8 Å². The van der Waals surface area contributed by atoms with Gasteiger partial charge in [0, 0.05) is 125 Å². The maximum absolute atomic E-state index is 14.3. The number of sulfonamides is 2. The van der Waals surface area contributed by atoms with Crippen molar-refractivity contribution < 1.29 is 48.0 Å². The second-order valence-electron chi connectivity index (χ2n) is 22.2. The van der Waals surface area contributed by atoms with E-state index in [1.807, 2.05) is 47.2 Å². The SMILES string of the molecule is C[C@@]1(CN2CCN(S(=O)(=O)C3CCNCC3)CC2)CCC(c2ccc(Cl)cc2)=C(CN2CCN(c3ccc(C(=O)NS(=O)(=O)c4ccc(NC(CCN5CCCOCC5)CSc5ccccc5)c(S(=O)(=O)C(F)(F)F)c4)cc3)CC2)C1. The van der Waals surface area contributed by atoms with Crippen molar-refractivity contribution in [2.24, 2.45) is 5.41 Å². The summed E-state index contributed by atoms with van der Waals surface area (Å²) in [5.41, 5.74) is -1.51. The van der Waals surface area contributed by atoms with E-state index in [0.29, 0.717) is 102 Å². The van der Waals surface area contributed by atoms with Gasteiger partial charge in [-0.1, -0.05) is 54.4 Å². The number of carbonyl (C=O) groups is 1. The summed E-state index contributed by atoms with van der Waals surface area (Å²) in [6.45, 7) is 13.9. The van der Waals surface area contributed by atoms with Crippen LogP contribution in [0.3, 0.4) is 0 Å². The molecular formula is C57H74ClF3N8O8S4. The molecule has 4 heterocycles. The number of carbonyl (C=O) groups excluding carboxylic acids is 1. The quantitative estimate of drug-likeness (QED) is 0.0727. The number of halogens is 4. The topological polar surface area (TPSA) is 181 Å². The summed E-state index contributed by atoms with van der Waals surface area (Å²) in [6.07, 6.45) is 5.37.